The Labute approximate surface area is 85.4 Å². The fourth-order valence-electron chi connectivity index (χ4n) is 1.31. The molecule has 4 nitrogen and oxygen atoms in total. The lowest BCUT2D eigenvalue weighted by molar-refractivity contribution is -0.126. The van der Waals surface area contributed by atoms with Crippen LogP contribution < -0.4 is 10.6 Å². The quantitative estimate of drug-likeness (QED) is 0.600. The number of amides is 1. The summed E-state index contributed by atoms with van der Waals surface area (Å²) in [7, 11) is 0. The summed E-state index contributed by atoms with van der Waals surface area (Å²) in [5.41, 5.74) is 0.167. The largest absolute Gasteiger partial charge is 0.380 e. The topological polar surface area (TPSA) is 50.4 Å². The van der Waals surface area contributed by atoms with Crippen LogP contribution in [0.3, 0.4) is 0 Å². The Morgan fingerprint density at radius 2 is 2.21 bits per heavy atom. The predicted molar refractivity (Wildman–Crippen MR) is 55.1 cm³/mol. The normalized spacial score (nSPS) is 18.7. The molecular formula is C10H20N2O2. The standard InChI is InChI=1S/C10H20N2O2/c1-3-4-11-5-9(13)12-6-10(2)7-14-8-10/h11H,3-8H2,1-2H3,(H,12,13). The highest BCUT2D eigenvalue weighted by atomic mass is 16.5. The van der Waals surface area contributed by atoms with Gasteiger partial charge in [0, 0.05) is 12.0 Å². The third-order valence-electron chi connectivity index (χ3n) is 2.33. The van der Waals surface area contributed by atoms with Gasteiger partial charge in [-0.3, -0.25) is 4.79 Å². The second-order valence-electron chi connectivity index (χ2n) is 4.26. The van der Waals surface area contributed by atoms with Crippen LogP contribution in [0.15, 0.2) is 0 Å². The first-order chi connectivity index (χ1) is 6.66. The van der Waals surface area contributed by atoms with Gasteiger partial charge in [0.2, 0.25) is 5.91 Å². The summed E-state index contributed by atoms with van der Waals surface area (Å²) in [6.45, 7) is 7.76. The van der Waals surface area contributed by atoms with Crippen LogP contribution in [-0.4, -0.2) is 38.8 Å². The number of carbonyl (C=O) groups excluding carboxylic acids is 1. The van der Waals surface area contributed by atoms with Crippen LogP contribution >= 0.6 is 0 Å². The molecule has 0 aromatic rings. The van der Waals surface area contributed by atoms with E-state index in [0.29, 0.717) is 6.54 Å². The van der Waals surface area contributed by atoms with Crippen LogP contribution in [0.2, 0.25) is 0 Å². The Balaban J connectivity index is 2.03. The van der Waals surface area contributed by atoms with Crippen molar-refractivity contribution in [3.05, 3.63) is 0 Å². The summed E-state index contributed by atoms with van der Waals surface area (Å²) in [5.74, 6) is 0.0755. The van der Waals surface area contributed by atoms with E-state index in [1.54, 1.807) is 0 Å². The van der Waals surface area contributed by atoms with Crippen molar-refractivity contribution < 1.29 is 9.53 Å². The second-order valence-corrected chi connectivity index (χ2v) is 4.26. The number of nitrogens with one attached hydrogen (secondary N) is 2. The summed E-state index contributed by atoms with van der Waals surface area (Å²) in [6, 6.07) is 0. The SMILES string of the molecule is CCCNCC(=O)NCC1(C)COC1. The maximum absolute atomic E-state index is 11.3. The molecule has 0 spiro atoms. The number of hydrogen-bond acceptors (Lipinski definition) is 3. The fraction of sp³-hybridized carbons (Fsp3) is 0.900. The maximum atomic E-state index is 11.3. The van der Waals surface area contributed by atoms with E-state index >= 15 is 0 Å². The minimum atomic E-state index is 0.0755. The monoisotopic (exact) mass is 200 g/mol. The molecule has 0 atom stereocenters. The molecular weight excluding hydrogens is 180 g/mol. The van der Waals surface area contributed by atoms with Crippen molar-refractivity contribution in [2.75, 3.05) is 32.8 Å². The molecule has 0 aromatic heterocycles. The van der Waals surface area contributed by atoms with Crippen LogP contribution in [-0.2, 0) is 9.53 Å². The smallest absolute Gasteiger partial charge is 0.233 e. The number of hydrogen-bond donors (Lipinski definition) is 2. The van der Waals surface area contributed by atoms with Crippen LogP contribution in [0, 0.1) is 5.41 Å². The average Bonchev–Trinajstić information content (AvgIpc) is 2.12. The average molecular weight is 200 g/mol. The van der Waals surface area contributed by atoms with Crippen LogP contribution in [0.5, 0.6) is 0 Å². The summed E-state index contributed by atoms with van der Waals surface area (Å²) in [6.07, 6.45) is 1.05. The van der Waals surface area contributed by atoms with Gasteiger partial charge in [0.1, 0.15) is 0 Å². The van der Waals surface area contributed by atoms with Gasteiger partial charge in [-0.25, -0.2) is 0 Å². The Morgan fingerprint density at radius 1 is 1.50 bits per heavy atom. The minimum Gasteiger partial charge on any atom is -0.380 e. The molecule has 2 N–H and O–H groups in total. The summed E-state index contributed by atoms with van der Waals surface area (Å²) in [5, 5.41) is 5.97. The number of carbonyl (C=O) groups is 1. The van der Waals surface area contributed by atoms with E-state index in [4.69, 9.17) is 4.74 Å². The molecule has 4 heteroatoms. The molecule has 82 valence electrons. The van der Waals surface area contributed by atoms with Crippen molar-refractivity contribution in [3.8, 4) is 0 Å². The fourth-order valence-corrected chi connectivity index (χ4v) is 1.31. The van der Waals surface area contributed by atoms with Crippen molar-refractivity contribution in [1.82, 2.24) is 10.6 Å². The highest BCUT2D eigenvalue weighted by Crippen LogP contribution is 2.24. The first-order valence-electron chi connectivity index (χ1n) is 5.21. The van der Waals surface area contributed by atoms with Gasteiger partial charge in [0.05, 0.1) is 19.8 Å². The molecule has 1 fully saturated rings. The van der Waals surface area contributed by atoms with E-state index in [9.17, 15) is 4.79 Å². The molecule has 1 saturated heterocycles. The van der Waals surface area contributed by atoms with Gasteiger partial charge in [-0.1, -0.05) is 13.8 Å². The first-order valence-corrected chi connectivity index (χ1v) is 5.21. The van der Waals surface area contributed by atoms with E-state index in [1.807, 2.05) is 0 Å². The lowest BCUT2D eigenvalue weighted by atomic mass is 9.89. The van der Waals surface area contributed by atoms with Crippen LogP contribution in [0.1, 0.15) is 20.3 Å². The minimum absolute atomic E-state index is 0.0755. The predicted octanol–water partition coefficient (Wildman–Crippen LogP) is 0.139. The molecule has 0 saturated carbocycles. The molecule has 14 heavy (non-hydrogen) atoms. The highest BCUT2D eigenvalue weighted by molar-refractivity contribution is 5.78. The third-order valence-corrected chi connectivity index (χ3v) is 2.33. The molecule has 0 aromatic carbocycles. The molecule has 0 radical (unpaired) electrons. The molecule has 1 aliphatic rings. The Bertz CT molecular complexity index is 191. The molecule has 0 bridgehead atoms. The summed E-state index contributed by atoms with van der Waals surface area (Å²) in [4.78, 5) is 11.3. The Morgan fingerprint density at radius 3 is 2.71 bits per heavy atom. The zero-order valence-corrected chi connectivity index (χ0v) is 9.06. The van der Waals surface area contributed by atoms with Gasteiger partial charge in [0.15, 0.2) is 0 Å². The number of rotatable bonds is 6. The van der Waals surface area contributed by atoms with Crippen molar-refractivity contribution >= 4 is 5.91 Å². The third kappa shape index (κ3) is 3.64. The van der Waals surface area contributed by atoms with Gasteiger partial charge in [-0.05, 0) is 13.0 Å². The first kappa shape index (κ1) is 11.5. The zero-order chi connectivity index (χ0) is 10.4. The maximum Gasteiger partial charge on any atom is 0.233 e. The molecule has 1 amide bonds. The second kappa shape index (κ2) is 5.32. The number of ether oxygens (including phenoxy) is 1. The van der Waals surface area contributed by atoms with Gasteiger partial charge < -0.3 is 15.4 Å². The summed E-state index contributed by atoms with van der Waals surface area (Å²) < 4.78 is 5.10. The van der Waals surface area contributed by atoms with Crippen molar-refractivity contribution in [3.63, 3.8) is 0 Å². The molecule has 0 unspecified atom stereocenters. The van der Waals surface area contributed by atoms with Gasteiger partial charge in [-0.15, -0.1) is 0 Å². The molecule has 1 rings (SSSR count). The van der Waals surface area contributed by atoms with E-state index in [1.165, 1.54) is 0 Å². The van der Waals surface area contributed by atoms with Crippen molar-refractivity contribution in [1.29, 1.82) is 0 Å². The Hall–Kier alpha value is -0.610. The van der Waals surface area contributed by atoms with E-state index in [0.717, 1.165) is 32.7 Å². The van der Waals surface area contributed by atoms with Gasteiger partial charge in [-0.2, -0.15) is 0 Å². The van der Waals surface area contributed by atoms with E-state index < -0.39 is 0 Å². The lowest BCUT2D eigenvalue weighted by Crippen LogP contribution is -2.49. The van der Waals surface area contributed by atoms with E-state index in [-0.39, 0.29) is 11.3 Å². The Kier molecular flexibility index (Phi) is 4.35. The lowest BCUT2D eigenvalue weighted by Gasteiger charge is -2.38. The van der Waals surface area contributed by atoms with Gasteiger partial charge in [0.25, 0.3) is 0 Å². The van der Waals surface area contributed by atoms with E-state index in [2.05, 4.69) is 24.5 Å². The van der Waals surface area contributed by atoms with Crippen LogP contribution in [0.25, 0.3) is 0 Å². The highest BCUT2D eigenvalue weighted by Gasteiger charge is 2.33. The summed E-state index contributed by atoms with van der Waals surface area (Å²) >= 11 is 0. The van der Waals surface area contributed by atoms with Crippen LogP contribution in [0.4, 0.5) is 0 Å². The van der Waals surface area contributed by atoms with Crippen molar-refractivity contribution in [2.45, 2.75) is 20.3 Å². The van der Waals surface area contributed by atoms with Crippen molar-refractivity contribution in [2.24, 2.45) is 5.41 Å². The zero-order valence-electron chi connectivity index (χ0n) is 9.06. The van der Waals surface area contributed by atoms with Gasteiger partial charge >= 0.3 is 0 Å². The molecule has 1 aliphatic heterocycles. The molecule has 0 aliphatic carbocycles. The molecule has 1 heterocycles.